The standard InChI is InChI=1S/C13H13ClO5/c1-6-4-8(14)7(2)11(12(6)17)9(15)5-10(16)13(18)19-3/h4-5,15,17H,1-3H3/b9-5-. The van der Waals surface area contributed by atoms with Gasteiger partial charge in [0.1, 0.15) is 11.5 Å². The molecule has 0 fully saturated rings. The molecule has 0 aromatic heterocycles. The minimum atomic E-state index is -1.11. The minimum absolute atomic E-state index is 0.0160. The van der Waals surface area contributed by atoms with Crippen LogP contribution >= 0.6 is 11.6 Å². The molecular weight excluding hydrogens is 272 g/mol. The summed E-state index contributed by atoms with van der Waals surface area (Å²) in [5.74, 6) is -2.89. The normalized spacial score (nSPS) is 11.3. The third kappa shape index (κ3) is 3.06. The number of halogens is 1. The number of methoxy groups -OCH3 is 1. The summed E-state index contributed by atoms with van der Waals surface area (Å²) in [7, 11) is 1.05. The molecule has 0 radical (unpaired) electrons. The van der Waals surface area contributed by atoms with Gasteiger partial charge in [-0.3, -0.25) is 4.79 Å². The Bertz CT molecular complexity index is 549. The fraction of sp³-hybridized carbons (Fsp3) is 0.231. The smallest absolute Gasteiger partial charge is 0.378 e. The lowest BCUT2D eigenvalue weighted by atomic mass is 10.0. The maximum Gasteiger partial charge on any atom is 0.378 e. The number of benzene rings is 1. The van der Waals surface area contributed by atoms with Crippen LogP contribution in [0.1, 0.15) is 16.7 Å². The summed E-state index contributed by atoms with van der Waals surface area (Å²) in [6.07, 6.45) is 0.684. The van der Waals surface area contributed by atoms with Crippen molar-refractivity contribution in [2.75, 3.05) is 7.11 Å². The molecule has 0 unspecified atom stereocenters. The fourth-order valence-electron chi connectivity index (χ4n) is 1.53. The summed E-state index contributed by atoms with van der Waals surface area (Å²) >= 11 is 5.94. The Morgan fingerprint density at radius 3 is 2.47 bits per heavy atom. The average Bonchev–Trinajstić information content (AvgIpc) is 2.35. The number of carbonyl (C=O) groups is 2. The summed E-state index contributed by atoms with van der Waals surface area (Å²) in [6, 6.07) is 1.53. The topological polar surface area (TPSA) is 83.8 Å². The first kappa shape index (κ1) is 15.0. The highest BCUT2D eigenvalue weighted by Crippen LogP contribution is 2.34. The molecule has 1 rings (SSSR count). The van der Waals surface area contributed by atoms with Gasteiger partial charge in [-0.2, -0.15) is 0 Å². The average molecular weight is 285 g/mol. The van der Waals surface area contributed by atoms with Gasteiger partial charge in [0.2, 0.25) is 0 Å². The van der Waals surface area contributed by atoms with Crippen molar-refractivity contribution in [3.05, 3.63) is 33.9 Å². The predicted molar refractivity (Wildman–Crippen MR) is 70.2 cm³/mol. The van der Waals surface area contributed by atoms with E-state index in [9.17, 15) is 19.8 Å². The number of carbonyl (C=O) groups excluding carboxylic acids is 2. The lowest BCUT2D eigenvalue weighted by molar-refractivity contribution is -0.149. The Hall–Kier alpha value is -2.01. The molecule has 0 aliphatic heterocycles. The van der Waals surface area contributed by atoms with Crippen molar-refractivity contribution in [3.63, 3.8) is 0 Å². The highest BCUT2D eigenvalue weighted by molar-refractivity contribution is 6.39. The molecule has 0 amide bonds. The van der Waals surface area contributed by atoms with Crippen molar-refractivity contribution in [2.24, 2.45) is 0 Å². The van der Waals surface area contributed by atoms with Crippen LogP contribution in [0.4, 0.5) is 0 Å². The molecule has 102 valence electrons. The van der Waals surface area contributed by atoms with Gasteiger partial charge in [-0.05, 0) is 31.0 Å². The van der Waals surface area contributed by atoms with Crippen molar-refractivity contribution in [1.29, 1.82) is 0 Å². The predicted octanol–water partition coefficient (Wildman–Crippen LogP) is 2.30. The zero-order valence-corrected chi connectivity index (χ0v) is 11.4. The van der Waals surface area contributed by atoms with E-state index in [4.69, 9.17) is 11.6 Å². The first-order chi connectivity index (χ1) is 8.79. The number of aromatic hydroxyl groups is 1. The number of aryl methyl sites for hydroxylation is 1. The molecule has 0 saturated carbocycles. The second kappa shape index (κ2) is 5.75. The highest BCUT2D eigenvalue weighted by atomic mass is 35.5. The number of ketones is 1. The van der Waals surface area contributed by atoms with Gasteiger partial charge in [0.15, 0.2) is 0 Å². The lowest BCUT2D eigenvalue weighted by Gasteiger charge is -2.11. The minimum Gasteiger partial charge on any atom is -0.507 e. The van der Waals surface area contributed by atoms with Gasteiger partial charge < -0.3 is 14.9 Å². The number of phenols is 1. The van der Waals surface area contributed by atoms with E-state index >= 15 is 0 Å². The van der Waals surface area contributed by atoms with Crippen LogP contribution in [-0.4, -0.2) is 29.1 Å². The van der Waals surface area contributed by atoms with Crippen LogP contribution in [0.25, 0.3) is 5.76 Å². The molecule has 2 N–H and O–H groups in total. The van der Waals surface area contributed by atoms with Gasteiger partial charge in [0, 0.05) is 11.1 Å². The van der Waals surface area contributed by atoms with Crippen LogP contribution in [0.15, 0.2) is 12.1 Å². The monoisotopic (exact) mass is 284 g/mol. The number of aliphatic hydroxyl groups excluding tert-OH is 1. The molecule has 0 saturated heterocycles. The highest BCUT2D eigenvalue weighted by Gasteiger charge is 2.18. The zero-order chi connectivity index (χ0) is 14.7. The van der Waals surface area contributed by atoms with Gasteiger partial charge >= 0.3 is 5.97 Å². The van der Waals surface area contributed by atoms with Crippen LogP contribution in [0, 0.1) is 13.8 Å². The summed E-state index contributed by atoms with van der Waals surface area (Å²) in [4.78, 5) is 22.3. The first-order valence-corrected chi connectivity index (χ1v) is 5.69. The molecule has 1 aromatic carbocycles. The summed E-state index contributed by atoms with van der Waals surface area (Å²) in [6.45, 7) is 3.17. The number of hydrogen-bond acceptors (Lipinski definition) is 5. The molecular formula is C13H13ClO5. The van der Waals surface area contributed by atoms with Crippen molar-refractivity contribution in [3.8, 4) is 5.75 Å². The Morgan fingerprint density at radius 2 is 1.95 bits per heavy atom. The van der Waals surface area contributed by atoms with Gasteiger partial charge in [-0.15, -0.1) is 0 Å². The van der Waals surface area contributed by atoms with Crippen LogP contribution < -0.4 is 0 Å². The molecule has 19 heavy (non-hydrogen) atoms. The third-order valence-corrected chi connectivity index (χ3v) is 2.99. The van der Waals surface area contributed by atoms with Crippen LogP contribution in [0.2, 0.25) is 5.02 Å². The third-order valence-electron chi connectivity index (χ3n) is 2.60. The maximum atomic E-state index is 11.3. The number of esters is 1. The van der Waals surface area contributed by atoms with Gasteiger partial charge in [-0.1, -0.05) is 11.6 Å². The molecule has 0 heterocycles. The zero-order valence-electron chi connectivity index (χ0n) is 10.7. The number of ether oxygens (including phenoxy) is 1. The quantitative estimate of drug-likeness (QED) is 0.385. The van der Waals surface area contributed by atoms with Crippen molar-refractivity contribution < 1.29 is 24.5 Å². The summed E-state index contributed by atoms with van der Waals surface area (Å²) in [5, 5.41) is 20.1. The van der Waals surface area contributed by atoms with Crippen LogP contribution in [0.5, 0.6) is 5.75 Å². The van der Waals surface area contributed by atoms with E-state index in [1.54, 1.807) is 13.8 Å². The van der Waals surface area contributed by atoms with Crippen LogP contribution in [0.3, 0.4) is 0 Å². The molecule has 6 heteroatoms. The van der Waals surface area contributed by atoms with E-state index in [2.05, 4.69) is 4.74 Å². The van der Waals surface area contributed by atoms with Crippen molar-refractivity contribution >= 4 is 29.1 Å². The Morgan fingerprint density at radius 1 is 1.37 bits per heavy atom. The van der Waals surface area contributed by atoms with Gasteiger partial charge in [0.25, 0.3) is 5.78 Å². The van der Waals surface area contributed by atoms with E-state index in [0.717, 1.165) is 7.11 Å². The number of hydrogen-bond donors (Lipinski definition) is 2. The van der Waals surface area contributed by atoms with Gasteiger partial charge in [0.05, 0.1) is 12.7 Å². The SMILES string of the molecule is COC(=O)C(=O)/C=C(\O)c1c(C)c(Cl)cc(C)c1O. The van der Waals surface area contributed by atoms with E-state index in [-0.39, 0.29) is 11.3 Å². The van der Waals surface area contributed by atoms with E-state index < -0.39 is 17.5 Å². The molecule has 1 aromatic rings. The molecule has 0 atom stereocenters. The van der Waals surface area contributed by atoms with E-state index in [1.807, 2.05) is 0 Å². The maximum absolute atomic E-state index is 11.3. The molecule has 0 aliphatic carbocycles. The fourth-order valence-corrected chi connectivity index (χ4v) is 1.79. The Balaban J connectivity index is 3.35. The Labute approximate surface area is 115 Å². The largest absolute Gasteiger partial charge is 0.507 e. The number of rotatable bonds is 3. The Kier molecular flexibility index (Phi) is 4.56. The molecule has 5 nitrogen and oxygen atoms in total. The van der Waals surface area contributed by atoms with E-state index in [0.29, 0.717) is 22.2 Å². The number of aliphatic hydroxyl groups is 1. The summed E-state index contributed by atoms with van der Waals surface area (Å²) < 4.78 is 4.22. The second-order valence-corrected chi connectivity index (χ2v) is 4.32. The number of phenolic OH excluding ortho intramolecular Hbond substituents is 1. The van der Waals surface area contributed by atoms with Crippen molar-refractivity contribution in [2.45, 2.75) is 13.8 Å². The first-order valence-electron chi connectivity index (χ1n) is 5.31. The molecule has 0 aliphatic rings. The van der Waals surface area contributed by atoms with Crippen molar-refractivity contribution in [1.82, 2.24) is 0 Å². The second-order valence-electron chi connectivity index (χ2n) is 3.91. The molecule has 0 spiro atoms. The van der Waals surface area contributed by atoms with Gasteiger partial charge in [-0.25, -0.2) is 4.79 Å². The molecule has 0 bridgehead atoms. The lowest BCUT2D eigenvalue weighted by Crippen LogP contribution is -2.13. The van der Waals surface area contributed by atoms with Crippen LogP contribution in [-0.2, 0) is 14.3 Å². The van der Waals surface area contributed by atoms with E-state index in [1.165, 1.54) is 6.07 Å². The summed E-state index contributed by atoms with van der Waals surface area (Å²) in [5.41, 5.74) is 0.856.